The van der Waals surface area contributed by atoms with Crippen molar-refractivity contribution in [3.63, 3.8) is 0 Å². The lowest BCUT2D eigenvalue weighted by atomic mass is 10.1. The van der Waals surface area contributed by atoms with E-state index in [1.165, 1.54) is 31.7 Å². The van der Waals surface area contributed by atoms with Crippen LogP contribution >= 0.6 is 0 Å². The summed E-state index contributed by atoms with van der Waals surface area (Å²) in [6, 6.07) is 1.20. The molecule has 2 rings (SSSR count). The van der Waals surface area contributed by atoms with Crippen molar-refractivity contribution in [1.29, 1.82) is 0 Å². The molecule has 0 amide bonds. The van der Waals surface area contributed by atoms with Crippen LogP contribution < -0.4 is 4.74 Å². The highest BCUT2D eigenvalue weighted by Crippen LogP contribution is 2.09. The second-order valence-corrected chi connectivity index (χ2v) is 3.93. The largest absolute Gasteiger partial charge is 0.476 e. The molecule has 1 saturated heterocycles. The van der Waals surface area contributed by atoms with Crippen LogP contribution in [0, 0.1) is 5.95 Å². The van der Waals surface area contributed by atoms with Crippen LogP contribution in [0.5, 0.6) is 5.88 Å². The number of halogens is 1. The monoisotopic (exact) mass is 225 g/mol. The van der Waals surface area contributed by atoms with Crippen molar-refractivity contribution in [2.45, 2.75) is 19.3 Å². The molecule has 1 fully saturated rings. The van der Waals surface area contributed by atoms with Gasteiger partial charge in [0, 0.05) is 6.54 Å². The van der Waals surface area contributed by atoms with Gasteiger partial charge in [0.15, 0.2) is 0 Å². The van der Waals surface area contributed by atoms with Gasteiger partial charge >= 0.3 is 0 Å². The van der Waals surface area contributed by atoms with Crippen molar-refractivity contribution in [2.75, 3.05) is 26.2 Å². The lowest BCUT2D eigenvalue weighted by molar-refractivity contribution is 0.180. The molecule has 0 spiro atoms. The zero-order valence-corrected chi connectivity index (χ0v) is 9.23. The molecule has 0 saturated carbocycles. The molecule has 2 heterocycles. The Labute approximate surface area is 94.5 Å². The number of likely N-dealkylation sites (tertiary alicyclic amines) is 1. The Balaban J connectivity index is 1.71. The zero-order valence-electron chi connectivity index (χ0n) is 9.23. The summed E-state index contributed by atoms with van der Waals surface area (Å²) < 4.78 is 18.1. The molecule has 1 aliphatic heterocycles. The number of piperidine rings is 1. The van der Waals surface area contributed by atoms with Gasteiger partial charge in [-0.3, -0.25) is 4.90 Å². The molecule has 0 N–H and O–H groups in total. The fraction of sp³-hybridized carbons (Fsp3) is 0.636. The second-order valence-electron chi connectivity index (χ2n) is 3.93. The third-order valence-corrected chi connectivity index (χ3v) is 2.71. The van der Waals surface area contributed by atoms with Gasteiger partial charge in [0.25, 0.3) is 0 Å². The first kappa shape index (κ1) is 11.3. The highest BCUT2D eigenvalue weighted by molar-refractivity contribution is 5.05. The number of rotatable bonds is 4. The van der Waals surface area contributed by atoms with Gasteiger partial charge in [-0.05, 0) is 25.9 Å². The Kier molecular flexibility index (Phi) is 4.04. The number of hydrogen-bond acceptors (Lipinski definition) is 4. The molecule has 0 aliphatic carbocycles. The summed E-state index contributed by atoms with van der Waals surface area (Å²) in [4.78, 5) is 9.56. The average molecular weight is 225 g/mol. The van der Waals surface area contributed by atoms with Crippen LogP contribution in [-0.2, 0) is 0 Å². The van der Waals surface area contributed by atoms with Crippen LogP contribution in [0.4, 0.5) is 4.39 Å². The van der Waals surface area contributed by atoms with E-state index < -0.39 is 5.95 Å². The summed E-state index contributed by atoms with van der Waals surface area (Å²) in [5.41, 5.74) is 0. The molecule has 0 atom stereocenters. The molecular weight excluding hydrogens is 209 g/mol. The van der Waals surface area contributed by atoms with E-state index in [9.17, 15) is 4.39 Å². The van der Waals surface area contributed by atoms with Gasteiger partial charge in [-0.2, -0.15) is 4.39 Å². The van der Waals surface area contributed by atoms with Crippen LogP contribution in [0.3, 0.4) is 0 Å². The van der Waals surface area contributed by atoms with Gasteiger partial charge in [0.05, 0.1) is 6.07 Å². The first-order valence-electron chi connectivity index (χ1n) is 5.67. The van der Waals surface area contributed by atoms with E-state index in [2.05, 4.69) is 14.9 Å². The molecule has 16 heavy (non-hydrogen) atoms. The summed E-state index contributed by atoms with van der Waals surface area (Å²) in [5, 5.41) is 0. The van der Waals surface area contributed by atoms with Gasteiger partial charge in [0.2, 0.25) is 11.8 Å². The number of nitrogens with zero attached hydrogens (tertiary/aromatic N) is 3. The van der Waals surface area contributed by atoms with E-state index in [4.69, 9.17) is 4.74 Å². The molecular formula is C11H16FN3O. The quantitative estimate of drug-likeness (QED) is 0.727. The predicted molar refractivity (Wildman–Crippen MR) is 57.8 cm³/mol. The predicted octanol–water partition coefficient (Wildman–Crippen LogP) is 1.48. The topological polar surface area (TPSA) is 38.2 Å². The van der Waals surface area contributed by atoms with Crippen molar-refractivity contribution < 1.29 is 9.13 Å². The summed E-state index contributed by atoms with van der Waals surface area (Å²) >= 11 is 0. The molecule has 4 nitrogen and oxygen atoms in total. The Morgan fingerprint density at radius 1 is 1.25 bits per heavy atom. The van der Waals surface area contributed by atoms with E-state index >= 15 is 0 Å². The molecule has 88 valence electrons. The molecule has 0 radical (unpaired) electrons. The van der Waals surface area contributed by atoms with E-state index in [0.717, 1.165) is 19.6 Å². The Bertz CT molecular complexity index is 329. The normalized spacial score (nSPS) is 17.3. The van der Waals surface area contributed by atoms with Crippen molar-refractivity contribution in [1.82, 2.24) is 14.9 Å². The third kappa shape index (κ3) is 3.41. The molecule has 0 aromatic carbocycles. The average Bonchev–Trinajstić information content (AvgIpc) is 2.30. The highest BCUT2D eigenvalue weighted by Gasteiger charge is 2.09. The Morgan fingerprint density at radius 2 is 2.06 bits per heavy atom. The van der Waals surface area contributed by atoms with E-state index in [-0.39, 0.29) is 0 Å². The van der Waals surface area contributed by atoms with Crippen molar-refractivity contribution in [3.05, 3.63) is 18.3 Å². The SMILES string of the molecule is Fc1cc(OCCN2CCCCC2)ncn1. The van der Waals surface area contributed by atoms with E-state index in [1.807, 2.05) is 0 Å². The minimum atomic E-state index is -0.553. The maximum absolute atomic E-state index is 12.7. The van der Waals surface area contributed by atoms with Gasteiger partial charge in [-0.15, -0.1) is 0 Å². The van der Waals surface area contributed by atoms with Gasteiger partial charge < -0.3 is 4.74 Å². The summed E-state index contributed by atoms with van der Waals surface area (Å²) in [6.45, 7) is 3.71. The van der Waals surface area contributed by atoms with Gasteiger partial charge in [-0.1, -0.05) is 6.42 Å². The Hall–Kier alpha value is -1.23. The summed E-state index contributed by atoms with van der Waals surface area (Å²) in [5.74, 6) is -0.243. The molecule has 0 unspecified atom stereocenters. The first-order valence-corrected chi connectivity index (χ1v) is 5.67. The van der Waals surface area contributed by atoms with Crippen LogP contribution in [0.2, 0.25) is 0 Å². The second kappa shape index (κ2) is 5.75. The smallest absolute Gasteiger partial charge is 0.219 e. The summed E-state index contributed by atoms with van der Waals surface area (Å²) in [6.07, 6.45) is 5.03. The van der Waals surface area contributed by atoms with Crippen LogP contribution in [0.25, 0.3) is 0 Å². The van der Waals surface area contributed by atoms with Crippen LogP contribution in [0.1, 0.15) is 19.3 Å². The third-order valence-electron chi connectivity index (χ3n) is 2.71. The highest BCUT2D eigenvalue weighted by atomic mass is 19.1. The van der Waals surface area contributed by atoms with Crippen molar-refractivity contribution in [3.8, 4) is 5.88 Å². The minimum Gasteiger partial charge on any atom is -0.476 e. The molecule has 0 bridgehead atoms. The van der Waals surface area contributed by atoms with E-state index in [0.29, 0.717) is 12.5 Å². The molecule has 1 aliphatic rings. The van der Waals surface area contributed by atoms with E-state index in [1.54, 1.807) is 0 Å². The maximum Gasteiger partial charge on any atom is 0.219 e. The fourth-order valence-electron chi connectivity index (χ4n) is 1.86. The first-order chi connectivity index (χ1) is 7.84. The molecule has 5 heteroatoms. The van der Waals surface area contributed by atoms with Gasteiger partial charge in [0.1, 0.15) is 12.9 Å². The maximum atomic E-state index is 12.7. The number of aromatic nitrogens is 2. The fourth-order valence-corrected chi connectivity index (χ4v) is 1.86. The Morgan fingerprint density at radius 3 is 2.81 bits per heavy atom. The van der Waals surface area contributed by atoms with Crippen LogP contribution in [-0.4, -0.2) is 41.1 Å². The zero-order chi connectivity index (χ0) is 11.2. The molecule has 1 aromatic rings. The van der Waals surface area contributed by atoms with Crippen molar-refractivity contribution in [2.24, 2.45) is 0 Å². The lowest BCUT2D eigenvalue weighted by Crippen LogP contribution is -2.33. The summed E-state index contributed by atoms with van der Waals surface area (Å²) in [7, 11) is 0. The number of hydrogen-bond donors (Lipinski definition) is 0. The standard InChI is InChI=1S/C11H16FN3O/c12-10-8-11(14-9-13-10)16-7-6-15-4-2-1-3-5-15/h8-9H,1-7H2. The van der Waals surface area contributed by atoms with Crippen molar-refractivity contribution >= 4 is 0 Å². The van der Waals surface area contributed by atoms with Gasteiger partial charge in [-0.25, -0.2) is 9.97 Å². The number of ether oxygens (including phenoxy) is 1. The minimum absolute atomic E-state index is 0.310. The lowest BCUT2D eigenvalue weighted by Gasteiger charge is -2.25. The molecule has 1 aromatic heterocycles. The van der Waals surface area contributed by atoms with Crippen LogP contribution in [0.15, 0.2) is 12.4 Å².